The fraction of sp³-hybridized carbons (Fsp3) is 0. The number of carboxylic acid groups (broad SMARTS) is 2. The average Bonchev–Trinajstić information content (AvgIpc) is 2.92. The number of hydrogen-bond donors (Lipinski definition) is 2. The summed E-state index contributed by atoms with van der Waals surface area (Å²) in [5.41, 5.74) is 3.73. The Morgan fingerprint density at radius 2 is 1.02 bits per heavy atom. The molecule has 0 saturated heterocycles. The van der Waals surface area contributed by atoms with Gasteiger partial charge in [0.25, 0.3) is 0 Å². The van der Waals surface area contributed by atoms with Crippen LogP contribution < -0.4 is 0 Å². The molecule has 0 aliphatic rings. The Kier molecular flexibility index (Phi) is 10.7. The zero-order valence-corrected chi connectivity index (χ0v) is 27.5. The van der Waals surface area contributed by atoms with Crippen molar-refractivity contribution in [1.82, 2.24) is 0 Å². The zero-order chi connectivity index (χ0) is 29.8. The van der Waals surface area contributed by atoms with E-state index in [0.29, 0.717) is 32.0 Å². The molecule has 2 N–H and O–H groups in total. The van der Waals surface area contributed by atoms with E-state index < -0.39 is 11.9 Å². The van der Waals surface area contributed by atoms with Crippen molar-refractivity contribution in [3.05, 3.63) is 113 Å². The standard InChI is InChI=1S/C30H16Br2Cl4O4S/c31-17-5-1-3-15(11-17)21-13-23(29(35)27(33)19(21)7-9-25(37)38)41-24-14-22(16-4-2-6-18(32)12-16)20(8-10-26(39)40)28(34)30(24)36/h1-14H,(H,37,38)(H,39,40). The summed E-state index contributed by atoms with van der Waals surface area (Å²) in [5.74, 6) is -2.26. The lowest BCUT2D eigenvalue weighted by atomic mass is 9.99. The summed E-state index contributed by atoms with van der Waals surface area (Å²) < 4.78 is 1.64. The molecule has 0 fully saturated rings. The molecule has 0 radical (unpaired) electrons. The first kappa shape index (κ1) is 31.7. The predicted molar refractivity (Wildman–Crippen MR) is 177 cm³/mol. The number of aliphatic carboxylic acids is 2. The van der Waals surface area contributed by atoms with Gasteiger partial charge in [-0.15, -0.1) is 0 Å². The molecule has 0 atom stereocenters. The van der Waals surface area contributed by atoms with Crippen LogP contribution in [0.3, 0.4) is 0 Å². The van der Waals surface area contributed by atoms with Crippen molar-refractivity contribution in [2.45, 2.75) is 9.79 Å². The van der Waals surface area contributed by atoms with Gasteiger partial charge in [-0.3, -0.25) is 0 Å². The van der Waals surface area contributed by atoms with Crippen LogP contribution >= 0.6 is 90.0 Å². The lowest BCUT2D eigenvalue weighted by Gasteiger charge is -2.17. The van der Waals surface area contributed by atoms with Crippen LogP contribution in [-0.4, -0.2) is 22.2 Å². The SMILES string of the molecule is O=C(O)C=Cc1c(-c2cccc(Br)c2)cc(Sc2cc(-c3cccc(Br)c3)c(C=CC(=O)O)c(Cl)c2Cl)c(Cl)c1Cl. The fourth-order valence-electron chi connectivity index (χ4n) is 3.93. The number of hydrogen-bond acceptors (Lipinski definition) is 3. The molecule has 0 saturated carbocycles. The minimum Gasteiger partial charge on any atom is -0.478 e. The lowest BCUT2D eigenvalue weighted by Crippen LogP contribution is -1.94. The van der Waals surface area contributed by atoms with Gasteiger partial charge in [0.05, 0.1) is 20.1 Å². The molecule has 4 aromatic rings. The lowest BCUT2D eigenvalue weighted by molar-refractivity contribution is -0.132. The van der Waals surface area contributed by atoms with E-state index in [9.17, 15) is 19.8 Å². The fourth-order valence-corrected chi connectivity index (χ4v) is 6.89. The highest BCUT2D eigenvalue weighted by Gasteiger charge is 2.21. The number of rotatable bonds is 8. The molecule has 41 heavy (non-hydrogen) atoms. The van der Waals surface area contributed by atoms with Crippen molar-refractivity contribution in [2.75, 3.05) is 0 Å². The van der Waals surface area contributed by atoms with E-state index in [4.69, 9.17) is 46.4 Å². The molecular formula is C30H16Br2Cl4O4S. The quantitative estimate of drug-likeness (QED) is 0.174. The first-order valence-corrected chi connectivity index (χ1v) is 15.4. The van der Waals surface area contributed by atoms with Crippen LogP contribution in [0, 0.1) is 0 Å². The maximum Gasteiger partial charge on any atom is 0.328 e. The predicted octanol–water partition coefficient (Wildman–Crippen LogP) is 11.5. The Morgan fingerprint density at radius 1 is 0.634 bits per heavy atom. The number of benzene rings is 4. The monoisotopic (exact) mass is 770 g/mol. The highest BCUT2D eigenvalue weighted by molar-refractivity contribution is 9.10. The summed E-state index contributed by atoms with van der Waals surface area (Å²) in [7, 11) is 0. The van der Waals surface area contributed by atoms with Crippen LogP contribution in [0.15, 0.2) is 91.6 Å². The molecule has 0 aromatic heterocycles. The summed E-state index contributed by atoms with van der Waals surface area (Å²) in [6, 6.07) is 18.6. The van der Waals surface area contributed by atoms with Gasteiger partial charge in [0.1, 0.15) is 0 Å². The minimum absolute atomic E-state index is 0.166. The molecule has 4 aromatic carbocycles. The summed E-state index contributed by atoms with van der Waals surface area (Å²) in [6.45, 7) is 0. The van der Waals surface area contributed by atoms with Gasteiger partial charge in [0, 0.05) is 42.0 Å². The second-order valence-electron chi connectivity index (χ2n) is 8.39. The number of halogens is 6. The topological polar surface area (TPSA) is 74.6 Å². The molecule has 4 rings (SSSR count). The third-order valence-corrected chi connectivity index (χ3v) is 9.76. The first-order valence-electron chi connectivity index (χ1n) is 11.5. The zero-order valence-electron chi connectivity index (χ0n) is 20.5. The van der Waals surface area contributed by atoms with Crippen LogP contribution in [0.1, 0.15) is 11.1 Å². The van der Waals surface area contributed by atoms with Gasteiger partial charge >= 0.3 is 11.9 Å². The van der Waals surface area contributed by atoms with Gasteiger partial charge in [-0.25, -0.2) is 9.59 Å². The first-order chi connectivity index (χ1) is 19.5. The van der Waals surface area contributed by atoms with Crippen LogP contribution in [0.4, 0.5) is 0 Å². The van der Waals surface area contributed by atoms with Gasteiger partial charge in [0.2, 0.25) is 0 Å². The second kappa shape index (κ2) is 13.8. The van der Waals surface area contributed by atoms with E-state index in [2.05, 4.69) is 31.9 Å². The van der Waals surface area contributed by atoms with Gasteiger partial charge in [-0.1, -0.05) is 114 Å². The third-order valence-electron chi connectivity index (χ3n) is 5.70. The maximum absolute atomic E-state index is 11.3. The molecule has 208 valence electrons. The Hall–Kier alpha value is -2.23. The van der Waals surface area contributed by atoms with E-state index in [0.717, 1.165) is 32.2 Å². The van der Waals surface area contributed by atoms with E-state index in [1.807, 2.05) is 60.7 Å². The molecule has 0 unspecified atom stereocenters. The smallest absolute Gasteiger partial charge is 0.328 e. The summed E-state index contributed by atoms with van der Waals surface area (Å²) in [4.78, 5) is 23.7. The maximum atomic E-state index is 11.3. The molecule has 0 heterocycles. The summed E-state index contributed by atoms with van der Waals surface area (Å²) in [5, 5.41) is 19.2. The normalized spacial score (nSPS) is 11.5. The van der Waals surface area contributed by atoms with Crippen LogP contribution in [0.5, 0.6) is 0 Å². The van der Waals surface area contributed by atoms with Gasteiger partial charge in [-0.2, -0.15) is 0 Å². The molecular weight excluding hydrogens is 758 g/mol. The van der Waals surface area contributed by atoms with E-state index in [1.54, 1.807) is 0 Å². The summed E-state index contributed by atoms with van der Waals surface area (Å²) in [6.07, 6.45) is 4.80. The Labute approximate surface area is 276 Å². The molecule has 0 bridgehead atoms. The second-order valence-corrected chi connectivity index (χ2v) is 12.8. The average molecular weight is 774 g/mol. The van der Waals surface area contributed by atoms with Crippen LogP contribution in [0.25, 0.3) is 34.4 Å². The third kappa shape index (κ3) is 7.59. The molecule has 11 heteroatoms. The van der Waals surface area contributed by atoms with E-state index in [1.165, 1.54) is 23.9 Å². The van der Waals surface area contributed by atoms with Crippen molar-refractivity contribution in [3.8, 4) is 22.3 Å². The highest BCUT2D eigenvalue weighted by Crippen LogP contribution is 2.49. The summed E-state index contributed by atoms with van der Waals surface area (Å²) >= 11 is 35.1. The molecule has 4 nitrogen and oxygen atoms in total. The Morgan fingerprint density at radius 3 is 1.37 bits per heavy atom. The Balaban J connectivity index is 1.94. The van der Waals surface area contributed by atoms with Gasteiger partial charge < -0.3 is 10.2 Å². The molecule has 0 amide bonds. The van der Waals surface area contributed by atoms with Crippen molar-refractivity contribution < 1.29 is 19.8 Å². The molecule has 0 aliphatic heterocycles. The van der Waals surface area contributed by atoms with E-state index in [-0.39, 0.29) is 20.1 Å². The number of carboxylic acids is 2. The largest absolute Gasteiger partial charge is 0.478 e. The van der Waals surface area contributed by atoms with Crippen molar-refractivity contribution in [2.24, 2.45) is 0 Å². The highest BCUT2D eigenvalue weighted by atomic mass is 79.9. The molecule has 0 aliphatic carbocycles. The van der Waals surface area contributed by atoms with Crippen molar-refractivity contribution >= 4 is 114 Å². The van der Waals surface area contributed by atoms with Gasteiger partial charge in [-0.05, 0) is 70.8 Å². The van der Waals surface area contributed by atoms with Crippen LogP contribution in [0.2, 0.25) is 20.1 Å². The van der Waals surface area contributed by atoms with Gasteiger partial charge in [0.15, 0.2) is 0 Å². The minimum atomic E-state index is -1.13. The van der Waals surface area contributed by atoms with Crippen molar-refractivity contribution in [3.63, 3.8) is 0 Å². The number of carbonyl (C=O) groups is 2. The Bertz CT molecular complexity index is 1630. The molecule has 0 spiro atoms. The van der Waals surface area contributed by atoms with E-state index >= 15 is 0 Å². The van der Waals surface area contributed by atoms with Crippen molar-refractivity contribution in [1.29, 1.82) is 0 Å². The van der Waals surface area contributed by atoms with Crippen LogP contribution in [-0.2, 0) is 9.59 Å².